The summed E-state index contributed by atoms with van der Waals surface area (Å²) >= 11 is 0. The van der Waals surface area contributed by atoms with Crippen LogP contribution in [0.15, 0.2) is 59.1 Å². The van der Waals surface area contributed by atoms with Crippen molar-refractivity contribution in [2.45, 2.75) is 46.5 Å². The molecular weight excluding hydrogens is 378 g/mol. The summed E-state index contributed by atoms with van der Waals surface area (Å²) in [4.78, 5) is 4.91. The Bertz CT molecular complexity index is 1520. The molecule has 0 fully saturated rings. The number of pyridine rings is 1. The average molecular weight is 406 g/mol. The summed E-state index contributed by atoms with van der Waals surface area (Å²) in [5.41, 5.74) is 9.32. The van der Waals surface area contributed by atoms with Gasteiger partial charge in [0.05, 0.1) is 11.1 Å². The first kappa shape index (κ1) is 18.6. The minimum absolute atomic E-state index is 0.184. The maximum absolute atomic E-state index is 6.51. The molecule has 0 saturated heterocycles. The minimum atomic E-state index is -0.184. The first-order chi connectivity index (χ1) is 14.9. The Morgan fingerprint density at radius 3 is 2.61 bits per heavy atom. The first-order valence-corrected chi connectivity index (χ1v) is 11.2. The van der Waals surface area contributed by atoms with Gasteiger partial charge in [-0.05, 0) is 52.8 Å². The highest BCUT2D eigenvalue weighted by Crippen LogP contribution is 2.51. The van der Waals surface area contributed by atoms with Crippen molar-refractivity contribution in [2.75, 3.05) is 0 Å². The zero-order valence-electron chi connectivity index (χ0n) is 18.8. The van der Waals surface area contributed by atoms with Gasteiger partial charge in [0.25, 0.3) is 0 Å². The van der Waals surface area contributed by atoms with E-state index in [0.717, 1.165) is 28.7 Å². The predicted molar refractivity (Wildman–Crippen MR) is 130 cm³/mol. The van der Waals surface area contributed by atoms with E-state index in [1.54, 1.807) is 0 Å². The molecule has 31 heavy (non-hydrogen) atoms. The molecule has 3 aromatic carbocycles. The molecule has 2 heterocycles. The Hall–Kier alpha value is -3.13. The molecule has 2 heteroatoms. The quantitative estimate of drug-likeness (QED) is 0.298. The molecule has 154 valence electrons. The van der Waals surface area contributed by atoms with Crippen molar-refractivity contribution in [3.8, 4) is 11.3 Å². The van der Waals surface area contributed by atoms with Gasteiger partial charge >= 0.3 is 0 Å². The zero-order chi connectivity index (χ0) is 21.5. The Morgan fingerprint density at radius 2 is 1.81 bits per heavy atom. The molecule has 0 amide bonds. The molecule has 0 bridgehead atoms. The van der Waals surface area contributed by atoms with Gasteiger partial charge < -0.3 is 4.42 Å². The van der Waals surface area contributed by atoms with Gasteiger partial charge in [-0.15, -0.1) is 0 Å². The van der Waals surface area contributed by atoms with Gasteiger partial charge in [-0.3, -0.25) is 4.98 Å². The topological polar surface area (TPSA) is 26.0 Å². The van der Waals surface area contributed by atoms with E-state index < -0.39 is 0 Å². The molecule has 0 spiro atoms. The van der Waals surface area contributed by atoms with E-state index in [2.05, 4.69) is 77.1 Å². The molecular formula is C29H27NO. The average Bonchev–Trinajstić information content (AvgIpc) is 3.09. The van der Waals surface area contributed by atoms with Crippen molar-refractivity contribution in [3.05, 3.63) is 77.0 Å². The van der Waals surface area contributed by atoms with Gasteiger partial charge in [-0.1, -0.05) is 75.7 Å². The lowest BCUT2D eigenvalue weighted by Crippen LogP contribution is -2.20. The number of furan rings is 1. The van der Waals surface area contributed by atoms with E-state index in [-0.39, 0.29) is 5.41 Å². The SMILES string of the molecule is Cc1ccc2c3c(ccc2c1)-c1nccc2oc4c(CC(C)C)ccc(c4c12)C3(C)C. The van der Waals surface area contributed by atoms with Crippen LogP contribution in [0.2, 0.25) is 0 Å². The molecule has 5 aromatic rings. The highest BCUT2D eigenvalue weighted by atomic mass is 16.3. The smallest absolute Gasteiger partial charge is 0.139 e. The molecule has 1 aliphatic carbocycles. The fourth-order valence-corrected chi connectivity index (χ4v) is 5.65. The van der Waals surface area contributed by atoms with Crippen LogP contribution in [0.3, 0.4) is 0 Å². The van der Waals surface area contributed by atoms with Crippen LogP contribution in [0.5, 0.6) is 0 Å². The lowest BCUT2D eigenvalue weighted by atomic mass is 9.73. The lowest BCUT2D eigenvalue weighted by Gasteiger charge is -2.29. The van der Waals surface area contributed by atoms with Crippen LogP contribution in [-0.2, 0) is 11.8 Å². The van der Waals surface area contributed by atoms with Gasteiger partial charge in [0.2, 0.25) is 0 Å². The minimum Gasteiger partial charge on any atom is -0.456 e. The molecule has 0 saturated carbocycles. The lowest BCUT2D eigenvalue weighted by molar-refractivity contribution is 0.618. The van der Waals surface area contributed by atoms with E-state index in [1.165, 1.54) is 44.0 Å². The van der Waals surface area contributed by atoms with Crippen LogP contribution < -0.4 is 0 Å². The molecule has 0 atom stereocenters. The van der Waals surface area contributed by atoms with Crippen molar-refractivity contribution >= 4 is 32.7 Å². The van der Waals surface area contributed by atoms with E-state index in [9.17, 15) is 0 Å². The normalized spacial score (nSPS) is 14.6. The van der Waals surface area contributed by atoms with Gasteiger partial charge in [-0.2, -0.15) is 0 Å². The maximum atomic E-state index is 6.51. The third-order valence-electron chi connectivity index (χ3n) is 6.97. The predicted octanol–water partition coefficient (Wildman–Crippen LogP) is 7.95. The molecule has 2 aromatic heterocycles. The van der Waals surface area contributed by atoms with Crippen molar-refractivity contribution < 1.29 is 4.42 Å². The summed E-state index contributed by atoms with van der Waals surface area (Å²) < 4.78 is 6.51. The summed E-state index contributed by atoms with van der Waals surface area (Å²) in [6.45, 7) is 11.4. The monoisotopic (exact) mass is 405 g/mol. The van der Waals surface area contributed by atoms with Gasteiger partial charge in [-0.25, -0.2) is 0 Å². The molecule has 0 aliphatic heterocycles. The second-order valence-corrected chi connectivity index (χ2v) is 10.0. The molecule has 2 nitrogen and oxygen atoms in total. The number of benzene rings is 3. The summed E-state index contributed by atoms with van der Waals surface area (Å²) in [7, 11) is 0. The highest BCUT2D eigenvalue weighted by Gasteiger charge is 2.36. The number of hydrogen-bond acceptors (Lipinski definition) is 2. The Kier molecular flexibility index (Phi) is 3.72. The number of aryl methyl sites for hydroxylation is 1. The van der Waals surface area contributed by atoms with Crippen LogP contribution >= 0.6 is 0 Å². The summed E-state index contributed by atoms with van der Waals surface area (Å²) in [5, 5.41) is 5.01. The Morgan fingerprint density at radius 1 is 0.968 bits per heavy atom. The van der Waals surface area contributed by atoms with Crippen molar-refractivity contribution in [1.29, 1.82) is 0 Å². The first-order valence-electron chi connectivity index (χ1n) is 11.2. The van der Waals surface area contributed by atoms with Gasteiger partial charge in [0.1, 0.15) is 11.2 Å². The molecule has 0 radical (unpaired) electrons. The maximum Gasteiger partial charge on any atom is 0.139 e. The molecule has 1 aliphatic rings. The number of aromatic nitrogens is 1. The number of fused-ring (bicyclic) bond motifs is 4. The van der Waals surface area contributed by atoms with Crippen LogP contribution in [0, 0.1) is 12.8 Å². The second kappa shape index (κ2) is 6.20. The van der Waals surface area contributed by atoms with Crippen LogP contribution in [0.25, 0.3) is 44.0 Å². The van der Waals surface area contributed by atoms with E-state index in [0.29, 0.717) is 5.92 Å². The molecule has 0 unspecified atom stereocenters. The fourth-order valence-electron chi connectivity index (χ4n) is 5.65. The largest absolute Gasteiger partial charge is 0.456 e. The standard InChI is InChI=1S/C29H27NO/c1-16(2)14-19-8-11-22-24-25-23(31-28(19)24)12-13-30-27(25)21-10-7-18-15-17(3)6-9-20(18)26(21)29(22,4)5/h6-13,15-16H,14H2,1-5H3. The van der Waals surface area contributed by atoms with Crippen LogP contribution in [0.4, 0.5) is 0 Å². The van der Waals surface area contributed by atoms with Gasteiger partial charge in [0, 0.05) is 22.6 Å². The van der Waals surface area contributed by atoms with E-state index >= 15 is 0 Å². The molecule has 0 N–H and O–H groups in total. The zero-order valence-corrected chi connectivity index (χ0v) is 18.8. The molecule has 6 rings (SSSR count). The number of rotatable bonds is 2. The highest BCUT2D eigenvalue weighted by molar-refractivity contribution is 6.16. The van der Waals surface area contributed by atoms with Crippen LogP contribution in [0.1, 0.15) is 49.9 Å². The fraction of sp³-hybridized carbons (Fsp3) is 0.276. The third kappa shape index (κ3) is 2.48. The second-order valence-electron chi connectivity index (χ2n) is 10.0. The summed E-state index contributed by atoms with van der Waals surface area (Å²) in [6, 6.07) is 18.0. The number of hydrogen-bond donors (Lipinski definition) is 0. The van der Waals surface area contributed by atoms with Gasteiger partial charge in [0.15, 0.2) is 0 Å². The van der Waals surface area contributed by atoms with Crippen molar-refractivity contribution in [1.82, 2.24) is 4.98 Å². The third-order valence-corrected chi connectivity index (χ3v) is 6.97. The van der Waals surface area contributed by atoms with Crippen LogP contribution in [-0.4, -0.2) is 4.98 Å². The van der Waals surface area contributed by atoms with Crippen molar-refractivity contribution in [2.24, 2.45) is 5.92 Å². The van der Waals surface area contributed by atoms with Crippen molar-refractivity contribution in [3.63, 3.8) is 0 Å². The summed E-state index contributed by atoms with van der Waals surface area (Å²) in [5.74, 6) is 0.572. The Balaban J connectivity index is 1.83. The van der Waals surface area contributed by atoms with E-state index in [4.69, 9.17) is 9.40 Å². The summed E-state index contributed by atoms with van der Waals surface area (Å²) in [6.07, 6.45) is 2.90. The Labute approximate surface area is 182 Å². The number of nitrogens with zero attached hydrogens (tertiary/aromatic N) is 1. The van der Waals surface area contributed by atoms with E-state index in [1.807, 2.05) is 12.3 Å².